The normalized spacial score (nSPS) is 10.3. The maximum atomic E-state index is 11.8. The van der Waals surface area contributed by atoms with E-state index in [1.807, 2.05) is 0 Å². The summed E-state index contributed by atoms with van der Waals surface area (Å²) in [5, 5.41) is 19.1. The molecule has 0 aliphatic heterocycles. The molecule has 2 N–H and O–H groups in total. The second kappa shape index (κ2) is 7.37. The van der Waals surface area contributed by atoms with E-state index in [9.17, 15) is 19.8 Å². The molecule has 110 valence electrons. The molecule has 1 aromatic carbocycles. The van der Waals surface area contributed by atoms with Crippen molar-refractivity contribution in [3.63, 3.8) is 0 Å². The van der Waals surface area contributed by atoms with E-state index in [1.54, 1.807) is 13.8 Å². The second-order valence-electron chi connectivity index (χ2n) is 4.07. The van der Waals surface area contributed by atoms with Crippen LogP contribution in [0.1, 0.15) is 19.4 Å². The van der Waals surface area contributed by atoms with Crippen LogP contribution >= 0.6 is 0 Å². The molecule has 0 radical (unpaired) electrons. The van der Waals surface area contributed by atoms with Crippen LogP contribution in [0.3, 0.4) is 0 Å². The Kier molecular flexibility index (Phi) is 5.83. The van der Waals surface area contributed by atoms with E-state index in [-0.39, 0.29) is 36.7 Å². The zero-order valence-electron chi connectivity index (χ0n) is 11.5. The Bertz CT molecular complexity index is 465. The van der Waals surface area contributed by atoms with Crippen molar-refractivity contribution in [2.45, 2.75) is 20.3 Å². The van der Waals surface area contributed by atoms with Crippen LogP contribution in [0.2, 0.25) is 0 Å². The quantitative estimate of drug-likeness (QED) is 0.465. The van der Waals surface area contributed by atoms with E-state index in [4.69, 9.17) is 9.47 Å². The second-order valence-corrected chi connectivity index (χ2v) is 4.07. The number of phenolic OH excluding ortho intramolecular Hbond substituents is 2. The topological polar surface area (TPSA) is 93.1 Å². The van der Waals surface area contributed by atoms with Gasteiger partial charge in [0.05, 0.1) is 13.2 Å². The Morgan fingerprint density at radius 3 is 2.15 bits per heavy atom. The molecule has 0 unspecified atom stereocenters. The van der Waals surface area contributed by atoms with Crippen molar-refractivity contribution >= 4 is 11.9 Å². The number of carbonyl (C=O) groups is 2. The van der Waals surface area contributed by atoms with Gasteiger partial charge in [0.1, 0.15) is 11.5 Å². The average molecular weight is 282 g/mol. The lowest BCUT2D eigenvalue weighted by atomic mass is 9.98. The summed E-state index contributed by atoms with van der Waals surface area (Å²) in [6.07, 6.45) is -0.0993. The molecular formula is C14H18O6. The zero-order valence-corrected chi connectivity index (χ0v) is 11.5. The molecule has 20 heavy (non-hydrogen) atoms. The van der Waals surface area contributed by atoms with Gasteiger partial charge < -0.3 is 19.7 Å². The van der Waals surface area contributed by atoms with E-state index in [1.165, 1.54) is 18.2 Å². The van der Waals surface area contributed by atoms with Gasteiger partial charge in [-0.3, -0.25) is 9.59 Å². The number of esters is 2. The summed E-state index contributed by atoms with van der Waals surface area (Å²) in [5.41, 5.74) is 0.274. The third-order valence-electron chi connectivity index (χ3n) is 2.63. The van der Waals surface area contributed by atoms with Gasteiger partial charge in [0.25, 0.3) is 0 Å². The fourth-order valence-corrected chi connectivity index (χ4v) is 1.70. The Hall–Kier alpha value is -2.24. The van der Waals surface area contributed by atoms with Crippen LogP contribution in [0.4, 0.5) is 0 Å². The maximum Gasteiger partial charge on any atom is 0.320 e. The number of rotatable bonds is 6. The van der Waals surface area contributed by atoms with Crippen molar-refractivity contribution in [1.82, 2.24) is 0 Å². The van der Waals surface area contributed by atoms with Gasteiger partial charge >= 0.3 is 11.9 Å². The van der Waals surface area contributed by atoms with Crippen LogP contribution in [0.25, 0.3) is 0 Å². The number of hydrogen-bond acceptors (Lipinski definition) is 6. The van der Waals surface area contributed by atoms with Gasteiger partial charge in [-0.25, -0.2) is 0 Å². The molecule has 0 amide bonds. The Balaban J connectivity index is 2.96. The zero-order chi connectivity index (χ0) is 15.1. The fourth-order valence-electron chi connectivity index (χ4n) is 1.70. The number of aromatic hydroxyl groups is 2. The van der Waals surface area contributed by atoms with Gasteiger partial charge in [-0.1, -0.05) is 0 Å². The highest BCUT2D eigenvalue weighted by atomic mass is 16.6. The first-order valence-electron chi connectivity index (χ1n) is 6.33. The molecule has 0 bridgehead atoms. The molecule has 0 fully saturated rings. The first-order valence-corrected chi connectivity index (χ1v) is 6.33. The third kappa shape index (κ3) is 4.15. The predicted octanol–water partition coefficient (Wildman–Crippen LogP) is 1.38. The summed E-state index contributed by atoms with van der Waals surface area (Å²) in [6, 6.07) is 3.89. The molecule has 0 atom stereocenters. The molecule has 0 spiro atoms. The molecule has 1 rings (SSSR count). The summed E-state index contributed by atoms with van der Waals surface area (Å²) in [6.45, 7) is 3.54. The minimum absolute atomic E-state index is 0.0655. The minimum Gasteiger partial charge on any atom is -0.508 e. The smallest absolute Gasteiger partial charge is 0.320 e. The van der Waals surface area contributed by atoms with Crippen molar-refractivity contribution < 1.29 is 29.3 Å². The summed E-state index contributed by atoms with van der Waals surface area (Å²) < 4.78 is 9.66. The van der Waals surface area contributed by atoms with Crippen LogP contribution in [-0.2, 0) is 25.5 Å². The van der Waals surface area contributed by atoms with E-state index in [2.05, 4.69) is 0 Å². The van der Waals surface area contributed by atoms with Gasteiger partial charge in [-0.2, -0.15) is 0 Å². The maximum absolute atomic E-state index is 11.8. The molecule has 0 aromatic heterocycles. The third-order valence-corrected chi connectivity index (χ3v) is 2.63. The highest BCUT2D eigenvalue weighted by Crippen LogP contribution is 2.25. The summed E-state index contributed by atoms with van der Waals surface area (Å²) in [7, 11) is 0. The molecular weight excluding hydrogens is 264 g/mol. The molecule has 0 heterocycles. The summed E-state index contributed by atoms with van der Waals surface area (Å²) in [5.74, 6) is -2.77. The lowest BCUT2D eigenvalue weighted by Gasteiger charge is -2.15. The van der Waals surface area contributed by atoms with Crippen molar-refractivity contribution in [2.24, 2.45) is 5.92 Å². The molecule has 0 saturated carbocycles. The molecule has 1 aromatic rings. The number of carbonyl (C=O) groups excluding carboxylic acids is 2. The summed E-state index contributed by atoms with van der Waals surface area (Å²) >= 11 is 0. The van der Waals surface area contributed by atoms with Crippen LogP contribution in [0.15, 0.2) is 18.2 Å². The minimum atomic E-state index is -1.16. The SMILES string of the molecule is CCOC(=O)C(Cc1cc(O)ccc1O)C(=O)OCC. The number of phenols is 2. The Morgan fingerprint density at radius 1 is 1.10 bits per heavy atom. The standard InChI is InChI=1S/C14H18O6/c1-3-19-13(17)11(14(18)20-4-2)8-9-7-10(15)5-6-12(9)16/h5-7,11,15-16H,3-4,8H2,1-2H3. The fraction of sp³-hybridized carbons (Fsp3) is 0.429. The highest BCUT2D eigenvalue weighted by Gasteiger charge is 2.30. The lowest BCUT2D eigenvalue weighted by Crippen LogP contribution is -2.30. The van der Waals surface area contributed by atoms with Gasteiger partial charge in [0.2, 0.25) is 0 Å². The number of ether oxygens (including phenoxy) is 2. The van der Waals surface area contributed by atoms with E-state index >= 15 is 0 Å². The van der Waals surface area contributed by atoms with Crippen LogP contribution in [0, 0.1) is 5.92 Å². The highest BCUT2D eigenvalue weighted by molar-refractivity contribution is 5.95. The molecule has 0 saturated heterocycles. The number of hydrogen-bond donors (Lipinski definition) is 2. The largest absolute Gasteiger partial charge is 0.508 e. The van der Waals surface area contributed by atoms with Crippen molar-refractivity contribution in [3.05, 3.63) is 23.8 Å². The van der Waals surface area contributed by atoms with Crippen LogP contribution in [0.5, 0.6) is 11.5 Å². The van der Waals surface area contributed by atoms with E-state index in [0.29, 0.717) is 0 Å². The monoisotopic (exact) mass is 282 g/mol. The Morgan fingerprint density at radius 2 is 1.65 bits per heavy atom. The summed E-state index contributed by atoms with van der Waals surface area (Å²) in [4.78, 5) is 23.6. The van der Waals surface area contributed by atoms with Gasteiger partial charge in [0, 0.05) is 6.42 Å². The van der Waals surface area contributed by atoms with Gasteiger partial charge in [-0.15, -0.1) is 0 Å². The van der Waals surface area contributed by atoms with Gasteiger partial charge in [0.15, 0.2) is 5.92 Å². The first kappa shape index (κ1) is 15.8. The lowest BCUT2D eigenvalue weighted by molar-refractivity contribution is -0.161. The predicted molar refractivity (Wildman–Crippen MR) is 70.2 cm³/mol. The van der Waals surface area contributed by atoms with E-state index < -0.39 is 17.9 Å². The van der Waals surface area contributed by atoms with Crippen LogP contribution < -0.4 is 0 Å². The van der Waals surface area contributed by atoms with Crippen molar-refractivity contribution in [2.75, 3.05) is 13.2 Å². The molecule has 6 nitrogen and oxygen atoms in total. The molecule has 0 aliphatic rings. The average Bonchev–Trinajstić information content (AvgIpc) is 2.40. The molecule has 6 heteroatoms. The molecule has 0 aliphatic carbocycles. The van der Waals surface area contributed by atoms with E-state index in [0.717, 1.165) is 0 Å². The van der Waals surface area contributed by atoms with Crippen LogP contribution in [-0.4, -0.2) is 35.4 Å². The van der Waals surface area contributed by atoms with Crippen molar-refractivity contribution in [3.8, 4) is 11.5 Å². The Labute approximate surface area is 116 Å². The number of benzene rings is 1. The van der Waals surface area contributed by atoms with Crippen molar-refractivity contribution in [1.29, 1.82) is 0 Å². The first-order chi connectivity index (χ1) is 9.49. The van der Waals surface area contributed by atoms with Gasteiger partial charge in [-0.05, 0) is 37.6 Å².